The quantitative estimate of drug-likeness (QED) is 0.618. The van der Waals surface area contributed by atoms with Crippen molar-refractivity contribution < 1.29 is 31.1 Å². The monoisotopic (exact) mass is 356 g/mol. The number of hydrogen-bond acceptors (Lipinski definition) is 4. The lowest BCUT2D eigenvalue weighted by Gasteiger charge is -2.10. The van der Waals surface area contributed by atoms with Crippen molar-refractivity contribution in [2.75, 3.05) is 0 Å². The van der Waals surface area contributed by atoms with Crippen LogP contribution in [0.25, 0.3) is 5.76 Å². The van der Waals surface area contributed by atoms with Crippen molar-refractivity contribution in [1.82, 2.24) is 0 Å². The maximum absolute atomic E-state index is 12.6. The smallest absolute Gasteiger partial charge is 0.422 e. The Morgan fingerprint density at radius 1 is 0.875 bits per heavy atom. The topological polar surface area (TPSA) is 60.4 Å². The molecule has 0 saturated heterocycles. The number of sulfone groups is 1. The number of carbonyl (C=O) groups is 1. The molecule has 0 aliphatic carbocycles. The van der Waals surface area contributed by atoms with Crippen molar-refractivity contribution in [2.24, 2.45) is 0 Å². The highest BCUT2D eigenvalue weighted by molar-refractivity contribution is 7.95. The molecule has 8 heteroatoms. The van der Waals surface area contributed by atoms with Crippen molar-refractivity contribution in [3.05, 3.63) is 77.2 Å². The minimum absolute atomic E-state index is 0.0228. The van der Waals surface area contributed by atoms with E-state index < -0.39 is 27.1 Å². The molecule has 2 aromatic carbocycles. The summed E-state index contributed by atoms with van der Waals surface area (Å²) in [5.41, 5.74) is -5.40. The second-order valence-electron chi connectivity index (χ2n) is 4.59. The zero-order valence-corrected chi connectivity index (χ0v) is 12.8. The summed E-state index contributed by atoms with van der Waals surface area (Å²) in [5, 5.41) is -0.0941. The fraction of sp³-hybridized carbons (Fsp3) is 0.0625. The van der Waals surface area contributed by atoms with E-state index in [1.54, 1.807) is 12.1 Å². The Kier molecular flexibility index (Phi) is 5.08. The molecule has 0 heterocycles. The minimum Gasteiger partial charge on any atom is -0.422 e. The molecule has 0 aromatic heterocycles. The molecule has 0 bridgehead atoms. The third-order valence-electron chi connectivity index (χ3n) is 2.86. The number of alkyl halides is 3. The molecule has 126 valence electrons. The van der Waals surface area contributed by atoms with Gasteiger partial charge in [0.15, 0.2) is 0 Å². The van der Waals surface area contributed by atoms with Crippen LogP contribution in [-0.4, -0.2) is 19.9 Å². The first kappa shape index (κ1) is 17.7. The molecule has 2 rings (SSSR count). The van der Waals surface area contributed by atoms with Crippen LogP contribution in [0.4, 0.5) is 13.2 Å². The third kappa shape index (κ3) is 4.23. The summed E-state index contributed by atoms with van der Waals surface area (Å²) in [7, 11) is -5.61. The van der Waals surface area contributed by atoms with Gasteiger partial charge in [0.2, 0.25) is 0 Å². The number of esters is 1. The first-order valence-electron chi connectivity index (χ1n) is 6.56. The highest BCUT2D eigenvalue weighted by atomic mass is 32.2. The summed E-state index contributed by atoms with van der Waals surface area (Å²) in [6.45, 7) is 0. The van der Waals surface area contributed by atoms with E-state index in [-0.39, 0.29) is 16.5 Å². The minimum atomic E-state index is -5.61. The van der Waals surface area contributed by atoms with Gasteiger partial charge in [-0.25, -0.2) is 13.2 Å². The van der Waals surface area contributed by atoms with Gasteiger partial charge in [0.05, 0.1) is 11.0 Å². The second-order valence-corrected chi connectivity index (χ2v) is 6.38. The Bertz CT molecular complexity index is 842. The van der Waals surface area contributed by atoms with Gasteiger partial charge in [0.1, 0.15) is 5.76 Å². The molecule has 0 unspecified atom stereocenters. The molecule has 0 fully saturated rings. The summed E-state index contributed by atoms with van der Waals surface area (Å²) < 4.78 is 65.4. The number of carbonyl (C=O) groups excluding carboxylic acids is 1. The summed E-state index contributed by atoms with van der Waals surface area (Å²) in [6.07, 6.45) is 0. The van der Waals surface area contributed by atoms with Crippen molar-refractivity contribution >= 4 is 21.6 Å². The Morgan fingerprint density at radius 3 is 1.79 bits per heavy atom. The number of halogens is 3. The molecule has 0 aliphatic heterocycles. The lowest BCUT2D eigenvalue weighted by Crippen LogP contribution is -2.21. The first-order chi connectivity index (χ1) is 11.2. The van der Waals surface area contributed by atoms with Crippen LogP contribution in [0.5, 0.6) is 0 Å². The van der Waals surface area contributed by atoms with E-state index in [4.69, 9.17) is 4.74 Å². The molecule has 0 N–H and O–H groups in total. The standard InChI is InChI=1S/C16H11F3O4S/c17-16(18,19)24(21,22)11-14(12-7-3-1-4-8-12)23-15(20)13-9-5-2-6-10-13/h1-11H/b14-11+. The average Bonchev–Trinajstić information content (AvgIpc) is 2.54. The maximum Gasteiger partial charge on any atom is 0.501 e. The second kappa shape index (κ2) is 6.88. The highest BCUT2D eigenvalue weighted by Crippen LogP contribution is 2.28. The molecule has 2 aromatic rings. The first-order valence-corrected chi connectivity index (χ1v) is 8.11. The van der Waals surface area contributed by atoms with Gasteiger partial charge < -0.3 is 4.74 Å². The van der Waals surface area contributed by atoms with Crippen LogP contribution < -0.4 is 0 Å². The van der Waals surface area contributed by atoms with Gasteiger partial charge in [-0.3, -0.25) is 0 Å². The summed E-state index contributed by atoms with van der Waals surface area (Å²) in [6, 6.07) is 14.7. The van der Waals surface area contributed by atoms with Crippen molar-refractivity contribution in [3.8, 4) is 0 Å². The number of hydrogen-bond donors (Lipinski definition) is 0. The predicted octanol–water partition coefficient (Wildman–Crippen LogP) is 3.78. The van der Waals surface area contributed by atoms with Crippen molar-refractivity contribution in [2.45, 2.75) is 5.51 Å². The molecule has 0 atom stereocenters. The van der Waals surface area contributed by atoms with Gasteiger partial charge >= 0.3 is 11.5 Å². The SMILES string of the molecule is O=C(O/C(=C/S(=O)(=O)C(F)(F)F)c1ccccc1)c1ccccc1. The van der Waals surface area contributed by atoms with Crippen LogP contribution in [0.2, 0.25) is 0 Å². The van der Waals surface area contributed by atoms with E-state index in [2.05, 4.69) is 0 Å². The lowest BCUT2D eigenvalue weighted by atomic mass is 10.2. The molecule has 0 saturated carbocycles. The molecule has 0 aliphatic rings. The Balaban J connectivity index is 2.44. The predicted molar refractivity (Wildman–Crippen MR) is 81.3 cm³/mol. The zero-order chi connectivity index (χ0) is 17.8. The number of benzene rings is 2. The molecular weight excluding hydrogens is 345 g/mol. The molecule has 0 radical (unpaired) electrons. The third-order valence-corrected chi connectivity index (χ3v) is 4.02. The van der Waals surface area contributed by atoms with Gasteiger partial charge in [-0.1, -0.05) is 48.5 Å². The van der Waals surface area contributed by atoms with Gasteiger partial charge in [-0.05, 0) is 12.1 Å². The van der Waals surface area contributed by atoms with Gasteiger partial charge in [-0.2, -0.15) is 13.2 Å². The Hall–Kier alpha value is -2.61. The molecular formula is C16H11F3O4S. The van der Waals surface area contributed by atoms with Gasteiger partial charge in [0.25, 0.3) is 9.84 Å². The number of ether oxygens (including phenoxy) is 1. The van der Waals surface area contributed by atoms with E-state index in [0.717, 1.165) is 0 Å². The summed E-state index contributed by atoms with van der Waals surface area (Å²) >= 11 is 0. The number of rotatable bonds is 4. The van der Waals surface area contributed by atoms with Crippen molar-refractivity contribution in [1.29, 1.82) is 0 Å². The maximum atomic E-state index is 12.6. The highest BCUT2D eigenvalue weighted by Gasteiger charge is 2.44. The van der Waals surface area contributed by atoms with E-state index in [1.165, 1.54) is 48.5 Å². The summed E-state index contributed by atoms with van der Waals surface area (Å²) in [5.74, 6) is -1.68. The zero-order valence-electron chi connectivity index (χ0n) is 12.0. The van der Waals surface area contributed by atoms with E-state index >= 15 is 0 Å². The summed E-state index contributed by atoms with van der Waals surface area (Å²) in [4.78, 5) is 12.0. The van der Waals surface area contributed by atoms with Crippen molar-refractivity contribution in [3.63, 3.8) is 0 Å². The van der Waals surface area contributed by atoms with Crippen LogP contribution in [0.15, 0.2) is 66.1 Å². The van der Waals surface area contributed by atoms with Crippen LogP contribution in [-0.2, 0) is 14.6 Å². The van der Waals surface area contributed by atoms with Gasteiger partial charge in [-0.15, -0.1) is 0 Å². The fourth-order valence-electron chi connectivity index (χ4n) is 1.69. The molecule has 4 nitrogen and oxygen atoms in total. The molecule has 0 amide bonds. The fourth-order valence-corrected chi connectivity index (χ4v) is 2.29. The lowest BCUT2D eigenvalue weighted by molar-refractivity contribution is -0.0423. The van der Waals surface area contributed by atoms with Crippen LogP contribution in [0, 0.1) is 0 Å². The van der Waals surface area contributed by atoms with Crippen LogP contribution in [0.3, 0.4) is 0 Å². The van der Waals surface area contributed by atoms with E-state index in [0.29, 0.717) is 0 Å². The largest absolute Gasteiger partial charge is 0.501 e. The molecule has 24 heavy (non-hydrogen) atoms. The Morgan fingerprint density at radius 2 is 1.33 bits per heavy atom. The van der Waals surface area contributed by atoms with Gasteiger partial charge in [0, 0.05) is 5.56 Å². The van der Waals surface area contributed by atoms with E-state index in [1.807, 2.05) is 0 Å². The molecule has 0 spiro atoms. The van der Waals surface area contributed by atoms with Crippen LogP contribution >= 0.6 is 0 Å². The van der Waals surface area contributed by atoms with Crippen LogP contribution in [0.1, 0.15) is 15.9 Å². The average molecular weight is 356 g/mol. The normalized spacial score (nSPS) is 12.7. The van der Waals surface area contributed by atoms with E-state index in [9.17, 15) is 26.4 Å². The Labute approximate surface area is 136 Å².